The van der Waals surface area contributed by atoms with Crippen LogP contribution in [0.1, 0.15) is 5.56 Å². The molecule has 1 aromatic rings. The molecule has 6 heteroatoms. The molecule has 0 saturated carbocycles. The SMILES string of the molecule is COc1cccc(CN=C(N)N=C(N)N)c1. The summed E-state index contributed by atoms with van der Waals surface area (Å²) in [6.45, 7) is 0.403. The van der Waals surface area contributed by atoms with Crippen molar-refractivity contribution in [1.29, 1.82) is 0 Å². The summed E-state index contributed by atoms with van der Waals surface area (Å²) < 4.78 is 5.08. The molecule has 0 atom stereocenters. The summed E-state index contributed by atoms with van der Waals surface area (Å²) in [6.07, 6.45) is 0. The largest absolute Gasteiger partial charge is 0.497 e. The summed E-state index contributed by atoms with van der Waals surface area (Å²) in [5.41, 5.74) is 16.7. The Morgan fingerprint density at radius 1 is 1.31 bits per heavy atom. The van der Waals surface area contributed by atoms with Gasteiger partial charge in [0.2, 0.25) is 5.96 Å². The van der Waals surface area contributed by atoms with Crippen molar-refractivity contribution in [2.45, 2.75) is 6.54 Å². The standard InChI is InChI=1S/C10H15N5O/c1-16-8-4-2-3-7(5-8)6-14-10(13)15-9(11)12/h2-5H,6H2,1H3,(H6,11,12,13,14,15). The van der Waals surface area contributed by atoms with Crippen LogP contribution in [-0.4, -0.2) is 19.0 Å². The van der Waals surface area contributed by atoms with Gasteiger partial charge in [-0.25, -0.2) is 4.99 Å². The quantitative estimate of drug-likeness (QED) is 0.484. The molecule has 6 nitrogen and oxygen atoms in total. The van der Waals surface area contributed by atoms with Gasteiger partial charge in [-0.15, -0.1) is 0 Å². The zero-order valence-corrected chi connectivity index (χ0v) is 9.05. The number of methoxy groups -OCH3 is 1. The Balaban J connectivity index is 2.70. The van der Waals surface area contributed by atoms with Crippen molar-refractivity contribution < 1.29 is 4.74 Å². The maximum absolute atomic E-state index is 5.46. The lowest BCUT2D eigenvalue weighted by molar-refractivity contribution is 0.414. The monoisotopic (exact) mass is 221 g/mol. The van der Waals surface area contributed by atoms with Gasteiger partial charge in [0.15, 0.2) is 5.96 Å². The Bertz CT molecular complexity index is 409. The Morgan fingerprint density at radius 3 is 2.69 bits per heavy atom. The molecule has 0 spiro atoms. The molecule has 1 aromatic carbocycles. The van der Waals surface area contributed by atoms with Gasteiger partial charge in [-0.2, -0.15) is 4.99 Å². The normalized spacial score (nSPS) is 10.9. The molecule has 16 heavy (non-hydrogen) atoms. The molecule has 0 aliphatic rings. The third-order valence-corrected chi connectivity index (χ3v) is 1.80. The van der Waals surface area contributed by atoms with E-state index in [9.17, 15) is 0 Å². The molecule has 0 bridgehead atoms. The van der Waals surface area contributed by atoms with E-state index in [2.05, 4.69) is 9.98 Å². The van der Waals surface area contributed by atoms with Crippen LogP contribution in [0.2, 0.25) is 0 Å². The van der Waals surface area contributed by atoms with Gasteiger partial charge in [-0.3, -0.25) is 0 Å². The highest BCUT2D eigenvalue weighted by molar-refractivity contribution is 5.92. The summed E-state index contributed by atoms with van der Waals surface area (Å²) in [5, 5.41) is 0. The van der Waals surface area contributed by atoms with Gasteiger partial charge in [-0.1, -0.05) is 12.1 Å². The molecule has 0 aliphatic heterocycles. The summed E-state index contributed by atoms with van der Waals surface area (Å²) >= 11 is 0. The summed E-state index contributed by atoms with van der Waals surface area (Å²) in [7, 11) is 1.61. The molecule has 1 rings (SSSR count). The third-order valence-electron chi connectivity index (χ3n) is 1.80. The molecule has 0 fully saturated rings. The van der Waals surface area contributed by atoms with Crippen molar-refractivity contribution in [2.24, 2.45) is 27.2 Å². The van der Waals surface area contributed by atoms with Crippen molar-refractivity contribution in [1.82, 2.24) is 0 Å². The lowest BCUT2D eigenvalue weighted by Gasteiger charge is -2.01. The fourth-order valence-corrected chi connectivity index (χ4v) is 1.11. The van der Waals surface area contributed by atoms with Crippen LogP contribution >= 0.6 is 0 Å². The van der Waals surface area contributed by atoms with Crippen LogP contribution in [-0.2, 0) is 6.54 Å². The number of rotatable bonds is 3. The molecule has 0 saturated heterocycles. The van der Waals surface area contributed by atoms with E-state index in [0.717, 1.165) is 11.3 Å². The molecule has 0 unspecified atom stereocenters. The molecule has 0 amide bonds. The summed E-state index contributed by atoms with van der Waals surface area (Å²) in [6, 6.07) is 7.51. The van der Waals surface area contributed by atoms with Crippen molar-refractivity contribution in [3.05, 3.63) is 29.8 Å². The maximum Gasteiger partial charge on any atom is 0.218 e. The first-order chi connectivity index (χ1) is 7.61. The topological polar surface area (TPSA) is 112 Å². The zero-order valence-electron chi connectivity index (χ0n) is 9.05. The van der Waals surface area contributed by atoms with Gasteiger partial charge in [0.25, 0.3) is 0 Å². The third kappa shape index (κ3) is 3.87. The minimum Gasteiger partial charge on any atom is -0.497 e. The lowest BCUT2D eigenvalue weighted by Crippen LogP contribution is -2.26. The fraction of sp³-hybridized carbons (Fsp3) is 0.200. The second kappa shape index (κ2) is 5.59. The van der Waals surface area contributed by atoms with Crippen molar-refractivity contribution in [2.75, 3.05) is 7.11 Å². The molecule has 6 N–H and O–H groups in total. The molecule has 0 radical (unpaired) electrons. The van der Waals surface area contributed by atoms with E-state index in [1.807, 2.05) is 24.3 Å². The fourth-order valence-electron chi connectivity index (χ4n) is 1.11. The Morgan fingerprint density at radius 2 is 2.06 bits per heavy atom. The predicted octanol–water partition coefficient (Wildman–Crippen LogP) is -0.217. The van der Waals surface area contributed by atoms with E-state index < -0.39 is 0 Å². The van der Waals surface area contributed by atoms with Crippen LogP contribution in [0.3, 0.4) is 0 Å². The minimum atomic E-state index is -0.105. The van der Waals surface area contributed by atoms with E-state index in [-0.39, 0.29) is 11.9 Å². The zero-order chi connectivity index (χ0) is 12.0. The number of nitrogens with two attached hydrogens (primary N) is 3. The highest BCUT2D eigenvalue weighted by atomic mass is 16.5. The summed E-state index contributed by atoms with van der Waals surface area (Å²) in [5.74, 6) is 0.725. The Hall–Kier alpha value is -2.24. The highest BCUT2D eigenvalue weighted by Gasteiger charge is 1.95. The van der Waals surface area contributed by atoms with Crippen LogP contribution in [0.5, 0.6) is 5.75 Å². The first-order valence-electron chi connectivity index (χ1n) is 4.64. The number of guanidine groups is 2. The van der Waals surface area contributed by atoms with Crippen LogP contribution in [0.25, 0.3) is 0 Å². The van der Waals surface area contributed by atoms with Crippen LogP contribution in [0, 0.1) is 0 Å². The highest BCUT2D eigenvalue weighted by Crippen LogP contribution is 2.12. The number of hydrogen-bond acceptors (Lipinski definition) is 2. The number of hydrogen-bond donors (Lipinski definition) is 3. The molecule has 86 valence electrons. The first kappa shape index (κ1) is 11.8. The average molecular weight is 221 g/mol. The van der Waals surface area contributed by atoms with Gasteiger partial charge >= 0.3 is 0 Å². The molecular weight excluding hydrogens is 206 g/mol. The van der Waals surface area contributed by atoms with Crippen LogP contribution in [0.4, 0.5) is 0 Å². The van der Waals surface area contributed by atoms with Gasteiger partial charge < -0.3 is 21.9 Å². The van der Waals surface area contributed by atoms with Gasteiger partial charge in [0, 0.05) is 0 Å². The van der Waals surface area contributed by atoms with Gasteiger partial charge in [0.1, 0.15) is 5.75 Å². The van der Waals surface area contributed by atoms with Crippen molar-refractivity contribution in [3.8, 4) is 5.75 Å². The van der Waals surface area contributed by atoms with Crippen molar-refractivity contribution >= 4 is 11.9 Å². The van der Waals surface area contributed by atoms with Gasteiger partial charge in [0.05, 0.1) is 13.7 Å². The van der Waals surface area contributed by atoms with Crippen LogP contribution < -0.4 is 21.9 Å². The Labute approximate surface area is 93.8 Å². The second-order valence-electron chi connectivity index (χ2n) is 3.06. The minimum absolute atomic E-state index is 0.0582. The van der Waals surface area contributed by atoms with Crippen molar-refractivity contribution in [3.63, 3.8) is 0 Å². The first-order valence-corrected chi connectivity index (χ1v) is 4.64. The number of nitrogens with zero attached hydrogens (tertiary/aromatic N) is 2. The Kier molecular flexibility index (Phi) is 4.14. The van der Waals surface area contributed by atoms with E-state index in [0.29, 0.717) is 6.54 Å². The smallest absolute Gasteiger partial charge is 0.218 e. The predicted molar refractivity (Wildman–Crippen MR) is 64.1 cm³/mol. The molecular formula is C10H15N5O. The van der Waals surface area contributed by atoms with Crippen LogP contribution in [0.15, 0.2) is 34.3 Å². The number of benzene rings is 1. The molecule has 0 heterocycles. The lowest BCUT2D eigenvalue weighted by atomic mass is 10.2. The second-order valence-corrected chi connectivity index (χ2v) is 3.06. The van der Waals surface area contributed by atoms with E-state index in [1.54, 1.807) is 7.11 Å². The number of aliphatic imine (C=N–C) groups is 2. The van der Waals surface area contributed by atoms with E-state index in [1.165, 1.54) is 0 Å². The van der Waals surface area contributed by atoms with E-state index in [4.69, 9.17) is 21.9 Å². The maximum atomic E-state index is 5.46. The van der Waals surface area contributed by atoms with Gasteiger partial charge in [-0.05, 0) is 17.7 Å². The molecule has 0 aromatic heterocycles. The average Bonchev–Trinajstić information content (AvgIpc) is 2.26. The van der Waals surface area contributed by atoms with E-state index >= 15 is 0 Å². The summed E-state index contributed by atoms with van der Waals surface area (Å²) in [4.78, 5) is 7.61. The molecule has 0 aliphatic carbocycles. The number of ether oxygens (including phenoxy) is 1.